The minimum Gasteiger partial charge on any atom is -0.372 e. The third-order valence-electron chi connectivity index (χ3n) is 3.38. The van der Waals surface area contributed by atoms with Crippen LogP contribution in [-0.2, 0) is 0 Å². The number of nitrogens with zero attached hydrogens (tertiary/aromatic N) is 1. The van der Waals surface area contributed by atoms with E-state index in [1.165, 1.54) is 24.6 Å². The first kappa shape index (κ1) is 12.5. The van der Waals surface area contributed by atoms with Crippen molar-refractivity contribution in [3.05, 3.63) is 51.2 Å². The lowest BCUT2D eigenvalue weighted by Crippen LogP contribution is -2.22. The first-order valence-electron chi connectivity index (χ1n) is 6.66. The van der Waals surface area contributed by atoms with E-state index < -0.39 is 11.2 Å². The number of H-pyrrole nitrogens is 2. The van der Waals surface area contributed by atoms with E-state index in [1.807, 2.05) is 24.3 Å². The molecule has 0 radical (unpaired) electrons. The van der Waals surface area contributed by atoms with Gasteiger partial charge in [0, 0.05) is 30.5 Å². The lowest BCUT2D eigenvalue weighted by Gasteiger charge is -2.17. The van der Waals surface area contributed by atoms with Gasteiger partial charge in [-0.3, -0.25) is 14.8 Å². The van der Waals surface area contributed by atoms with Crippen molar-refractivity contribution >= 4 is 17.2 Å². The lowest BCUT2D eigenvalue weighted by atomic mass is 10.2. The van der Waals surface area contributed by atoms with Crippen LogP contribution < -0.4 is 21.5 Å². The zero-order chi connectivity index (χ0) is 13.9. The molecule has 0 spiro atoms. The van der Waals surface area contributed by atoms with Crippen LogP contribution in [0.15, 0.2) is 39.9 Å². The molecule has 3 rings (SSSR count). The van der Waals surface area contributed by atoms with Crippen molar-refractivity contribution < 1.29 is 0 Å². The first-order chi connectivity index (χ1) is 9.70. The van der Waals surface area contributed by atoms with Gasteiger partial charge in [0.15, 0.2) is 0 Å². The molecule has 104 valence electrons. The molecule has 6 nitrogen and oxygen atoms in total. The van der Waals surface area contributed by atoms with Crippen LogP contribution in [0.25, 0.3) is 0 Å². The molecule has 1 saturated heterocycles. The van der Waals surface area contributed by atoms with E-state index in [0.717, 1.165) is 18.8 Å². The van der Waals surface area contributed by atoms with Crippen LogP contribution in [0.4, 0.5) is 17.2 Å². The van der Waals surface area contributed by atoms with Gasteiger partial charge < -0.3 is 10.2 Å². The van der Waals surface area contributed by atoms with Crippen molar-refractivity contribution in [2.45, 2.75) is 12.8 Å². The highest BCUT2D eigenvalue weighted by Crippen LogP contribution is 2.22. The molecule has 1 aliphatic rings. The van der Waals surface area contributed by atoms with Gasteiger partial charge >= 0.3 is 5.69 Å². The van der Waals surface area contributed by atoms with E-state index in [2.05, 4.69) is 20.2 Å². The zero-order valence-corrected chi connectivity index (χ0v) is 11.0. The van der Waals surface area contributed by atoms with Gasteiger partial charge in [-0.1, -0.05) is 0 Å². The summed E-state index contributed by atoms with van der Waals surface area (Å²) in [6.07, 6.45) is 2.49. The molecule has 0 unspecified atom stereocenters. The first-order valence-corrected chi connectivity index (χ1v) is 6.66. The molecule has 0 aliphatic carbocycles. The lowest BCUT2D eigenvalue weighted by molar-refractivity contribution is 0.949. The molecular weight excluding hydrogens is 256 g/mol. The molecule has 0 saturated carbocycles. The zero-order valence-electron chi connectivity index (χ0n) is 11.0. The summed E-state index contributed by atoms with van der Waals surface area (Å²) in [6.45, 7) is 2.21. The Bertz CT molecular complexity index is 668. The number of hydrogen-bond donors (Lipinski definition) is 3. The number of anilines is 3. The smallest absolute Gasteiger partial charge is 0.327 e. The quantitative estimate of drug-likeness (QED) is 0.789. The van der Waals surface area contributed by atoms with E-state index >= 15 is 0 Å². The molecule has 1 fully saturated rings. The predicted octanol–water partition coefficient (Wildman–Crippen LogP) is 1.41. The fourth-order valence-corrected chi connectivity index (χ4v) is 2.42. The topological polar surface area (TPSA) is 81.0 Å². The van der Waals surface area contributed by atoms with Gasteiger partial charge in [0.1, 0.15) is 5.82 Å². The van der Waals surface area contributed by atoms with E-state index in [4.69, 9.17) is 0 Å². The molecule has 2 aromatic rings. The Morgan fingerprint density at radius 2 is 1.70 bits per heavy atom. The van der Waals surface area contributed by atoms with Crippen LogP contribution in [0, 0.1) is 0 Å². The van der Waals surface area contributed by atoms with E-state index in [1.54, 1.807) is 0 Å². The summed E-state index contributed by atoms with van der Waals surface area (Å²) in [7, 11) is 0. The second kappa shape index (κ2) is 5.24. The van der Waals surface area contributed by atoms with Crippen molar-refractivity contribution in [1.82, 2.24) is 9.97 Å². The maximum Gasteiger partial charge on any atom is 0.327 e. The van der Waals surface area contributed by atoms with Crippen molar-refractivity contribution in [2.24, 2.45) is 0 Å². The highest BCUT2D eigenvalue weighted by molar-refractivity contribution is 5.60. The van der Waals surface area contributed by atoms with Crippen molar-refractivity contribution in [3.8, 4) is 0 Å². The van der Waals surface area contributed by atoms with E-state index in [9.17, 15) is 9.59 Å². The number of nitrogens with one attached hydrogen (secondary N) is 3. The predicted molar refractivity (Wildman–Crippen MR) is 78.9 cm³/mol. The second-order valence-electron chi connectivity index (χ2n) is 4.87. The van der Waals surface area contributed by atoms with Gasteiger partial charge in [-0.15, -0.1) is 0 Å². The maximum atomic E-state index is 11.2. The van der Waals surface area contributed by atoms with Crippen LogP contribution >= 0.6 is 0 Å². The summed E-state index contributed by atoms with van der Waals surface area (Å²) < 4.78 is 0. The number of rotatable bonds is 3. The number of benzene rings is 1. The molecular formula is C14H16N4O2. The molecule has 6 heteroatoms. The third kappa shape index (κ3) is 2.74. The molecule has 1 aromatic heterocycles. The van der Waals surface area contributed by atoms with Crippen molar-refractivity contribution in [1.29, 1.82) is 0 Å². The largest absolute Gasteiger partial charge is 0.372 e. The summed E-state index contributed by atoms with van der Waals surface area (Å²) in [5.41, 5.74) is 1.08. The van der Waals surface area contributed by atoms with Crippen LogP contribution in [-0.4, -0.2) is 23.1 Å². The average Bonchev–Trinajstić information content (AvgIpc) is 2.92. The molecule has 1 aliphatic heterocycles. The standard InChI is InChI=1S/C14H16N4O2/c19-13-9-12(16-14(20)17-13)15-10-3-5-11(6-4-10)18-7-1-2-8-18/h3-6,9H,1-2,7-8H2,(H3,15,16,17,19,20). The Hall–Kier alpha value is -2.50. The molecule has 1 aromatic carbocycles. The van der Waals surface area contributed by atoms with Gasteiger partial charge in [0.05, 0.1) is 0 Å². The summed E-state index contributed by atoms with van der Waals surface area (Å²) >= 11 is 0. The summed E-state index contributed by atoms with van der Waals surface area (Å²) in [4.78, 5) is 29.4. The minimum atomic E-state index is -0.520. The summed E-state index contributed by atoms with van der Waals surface area (Å²) in [5.74, 6) is 0.382. The van der Waals surface area contributed by atoms with Crippen LogP contribution in [0.2, 0.25) is 0 Å². The Morgan fingerprint density at radius 1 is 1.00 bits per heavy atom. The van der Waals surface area contributed by atoms with Crippen LogP contribution in [0.5, 0.6) is 0 Å². The van der Waals surface area contributed by atoms with Gasteiger partial charge in [-0.25, -0.2) is 4.79 Å². The summed E-state index contributed by atoms with van der Waals surface area (Å²) in [6, 6.07) is 9.27. The summed E-state index contributed by atoms with van der Waals surface area (Å²) in [5, 5.41) is 3.01. The minimum absolute atomic E-state index is 0.382. The van der Waals surface area contributed by atoms with Crippen LogP contribution in [0.1, 0.15) is 12.8 Å². The van der Waals surface area contributed by atoms with E-state index in [0.29, 0.717) is 5.82 Å². The highest BCUT2D eigenvalue weighted by atomic mass is 16.2. The van der Waals surface area contributed by atoms with Gasteiger partial charge in [0.2, 0.25) is 0 Å². The molecule has 2 heterocycles. The Balaban J connectivity index is 1.77. The van der Waals surface area contributed by atoms with Crippen LogP contribution in [0.3, 0.4) is 0 Å². The van der Waals surface area contributed by atoms with Crippen molar-refractivity contribution in [3.63, 3.8) is 0 Å². The maximum absolute atomic E-state index is 11.2. The molecule has 0 amide bonds. The fourth-order valence-electron chi connectivity index (χ4n) is 2.42. The number of hydrogen-bond acceptors (Lipinski definition) is 4. The van der Waals surface area contributed by atoms with Crippen molar-refractivity contribution in [2.75, 3.05) is 23.3 Å². The van der Waals surface area contributed by atoms with Gasteiger partial charge in [-0.2, -0.15) is 0 Å². The fraction of sp³-hybridized carbons (Fsp3) is 0.286. The third-order valence-corrected chi connectivity index (χ3v) is 3.38. The Labute approximate surface area is 115 Å². The van der Waals surface area contributed by atoms with Gasteiger partial charge in [0.25, 0.3) is 5.56 Å². The van der Waals surface area contributed by atoms with Gasteiger partial charge in [-0.05, 0) is 37.1 Å². The molecule has 0 atom stereocenters. The molecule has 20 heavy (non-hydrogen) atoms. The average molecular weight is 272 g/mol. The molecule has 0 bridgehead atoms. The Kier molecular flexibility index (Phi) is 3.28. The highest BCUT2D eigenvalue weighted by Gasteiger charge is 2.11. The number of aromatic amines is 2. The molecule has 3 N–H and O–H groups in total. The second-order valence-corrected chi connectivity index (χ2v) is 4.87. The normalized spacial score (nSPS) is 14.5. The SMILES string of the molecule is O=c1cc(Nc2ccc(N3CCCC3)cc2)[nH]c(=O)[nH]1. The Morgan fingerprint density at radius 3 is 2.35 bits per heavy atom. The monoisotopic (exact) mass is 272 g/mol. The van der Waals surface area contributed by atoms with E-state index in [-0.39, 0.29) is 0 Å². The number of aromatic nitrogens is 2.